The maximum absolute atomic E-state index is 12.1. The van der Waals surface area contributed by atoms with Crippen molar-refractivity contribution >= 4 is 32.4 Å². The van der Waals surface area contributed by atoms with Gasteiger partial charge in [-0.25, -0.2) is 18.1 Å². The Morgan fingerprint density at radius 3 is 2.58 bits per heavy atom. The summed E-state index contributed by atoms with van der Waals surface area (Å²) in [5.41, 5.74) is 0.922. The predicted molar refractivity (Wildman–Crippen MR) is 93.6 cm³/mol. The van der Waals surface area contributed by atoms with Crippen LogP contribution in [0.3, 0.4) is 0 Å². The van der Waals surface area contributed by atoms with Crippen molar-refractivity contribution in [3.63, 3.8) is 0 Å². The third-order valence-corrected chi connectivity index (χ3v) is 6.01. The van der Waals surface area contributed by atoms with Crippen molar-refractivity contribution in [2.24, 2.45) is 0 Å². The number of aryl methyl sites for hydroxylation is 2. The van der Waals surface area contributed by atoms with E-state index in [1.165, 1.54) is 11.3 Å². The first kappa shape index (κ1) is 17.1. The fourth-order valence-electron chi connectivity index (χ4n) is 2.18. The second-order valence-corrected chi connectivity index (χ2v) is 8.81. The number of thiazole rings is 1. The zero-order valence-electron chi connectivity index (χ0n) is 13.3. The van der Waals surface area contributed by atoms with Crippen LogP contribution in [0.1, 0.15) is 29.7 Å². The van der Waals surface area contributed by atoms with Crippen LogP contribution in [0.2, 0.25) is 0 Å². The van der Waals surface area contributed by atoms with Crippen LogP contribution in [0.25, 0.3) is 0 Å². The second kappa shape index (κ2) is 7.00. The number of aromatic nitrogens is 1. The molecule has 8 heteroatoms. The molecule has 0 bridgehead atoms. The van der Waals surface area contributed by atoms with Crippen molar-refractivity contribution in [1.82, 2.24) is 9.71 Å². The average Bonchev–Trinajstić information content (AvgIpc) is 3.25. The summed E-state index contributed by atoms with van der Waals surface area (Å²) < 4.78 is 26.8. The summed E-state index contributed by atoms with van der Waals surface area (Å²) in [6, 6.07) is 6.77. The van der Waals surface area contributed by atoms with E-state index in [4.69, 9.17) is 0 Å². The number of amides is 1. The van der Waals surface area contributed by atoms with E-state index >= 15 is 0 Å². The van der Waals surface area contributed by atoms with E-state index in [-0.39, 0.29) is 16.8 Å². The highest BCUT2D eigenvalue weighted by Gasteiger charge is 2.27. The Labute approximate surface area is 145 Å². The van der Waals surface area contributed by atoms with Crippen molar-refractivity contribution in [3.8, 4) is 0 Å². The van der Waals surface area contributed by atoms with Crippen molar-refractivity contribution in [2.75, 3.05) is 5.32 Å². The lowest BCUT2D eigenvalue weighted by molar-refractivity contribution is -0.116. The highest BCUT2D eigenvalue weighted by atomic mass is 32.2. The molecular weight excluding hydrogens is 346 g/mol. The van der Waals surface area contributed by atoms with E-state index in [1.807, 2.05) is 6.92 Å². The van der Waals surface area contributed by atoms with Crippen molar-refractivity contribution in [2.45, 2.75) is 43.5 Å². The number of benzene rings is 1. The number of nitrogens with one attached hydrogen (secondary N) is 2. The molecule has 24 heavy (non-hydrogen) atoms. The van der Waals surface area contributed by atoms with Gasteiger partial charge in [-0.3, -0.25) is 4.79 Å². The number of rotatable bonds is 7. The van der Waals surface area contributed by atoms with Gasteiger partial charge in [-0.1, -0.05) is 12.1 Å². The van der Waals surface area contributed by atoms with Gasteiger partial charge in [0, 0.05) is 23.5 Å². The number of hydrogen-bond donors (Lipinski definition) is 2. The summed E-state index contributed by atoms with van der Waals surface area (Å²) in [4.78, 5) is 17.3. The zero-order chi connectivity index (χ0) is 17.2. The zero-order valence-corrected chi connectivity index (χ0v) is 14.9. The first-order chi connectivity index (χ1) is 11.4. The lowest BCUT2D eigenvalue weighted by Crippen LogP contribution is -2.25. The molecule has 0 atom stereocenters. The largest absolute Gasteiger partial charge is 0.302 e. The molecule has 2 aromatic rings. The molecule has 0 aliphatic heterocycles. The average molecular weight is 365 g/mol. The third-order valence-electron chi connectivity index (χ3n) is 3.64. The van der Waals surface area contributed by atoms with Gasteiger partial charge in [0.1, 0.15) is 0 Å². The summed E-state index contributed by atoms with van der Waals surface area (Å²) in [5.74, 6) is -0.101. The maximum atomic E-state index is 12.1. The maximum Gasteiger partial charge on any atom is 0.240 e. The number of sulfonamides is 1. The van der Waals surface area contributed by atoms with E-state index in [9.17, 15) is 13.2 Å². The normalized spacial score (nSPS) is 14.5. The van der Waals surface area contributed by atoms with Crippen LogP contribution >= 0.6 is 11.3 Å². The molecule has 6 nitrogen and oxygen atoms in total. The minimum Gasteiger partial charge on any atom is -0.302 e. The summed E-state index contributed by atoms with van der Waals surface area (Å²) in [6.45, 7) is 1.93. The molecule has 0 radical (unpaired) electrons. The minimum absolute atomic E-state index is 0.0906. The molecule has 1 aromatic carbocycles. The van der Waals surface area contributed by atoms with Crippen LogP contribution in [-0.2, 0) is 21.2 Å². The Kier molecular flexibility index (Phi) is 4.98. The molecule has 0 spiro atoms. The van der Waals surface area contributed by atoms with E-state index in [0.717, 1.165) is 23.3 Å². The molecule has 1 heterocycles. The quantitative estimate of drug-likeness (QED) is 0.789. The molecule has 128 valence electrons. The summed E-state index contributed by atoms with van der Waals surface area (Å²) in [7, 11) is -3.42. The van der Waals surface area contributed by atoms with E-state index < -0.39 is 10.0 Å². The number of carbonyl (C=O) groups excluding carboxylic acids is 1. The fourth-order valence-corrected chi connectivity index (χ4v) is 4.16. The molecule has 0 unspecified atom stereocenters. The molecule has 1 aliphatic carbocycles. The van der Waals surface area contributed by atoms with Crippen LogP contribution in [0.4, 0.5) is 5.13 Å². The number of anilines is 1. The fraction of sp³-hybridized carbons (Fsp3) is 0.375. The van der Waals surface area contributed by atoms with Gasteiger partial charge in [-0.05, 0) is 43.9 Å². The molecular formula is C16H19N3O3S2. The van der Waals surface area contributed by atoms with Crippen molar-refractivity contribution in [1.29, 1.82) is 0 Å². The molecule has 1 saturated carbocycles. The van der Waals surface area contributed by atoms with E-state index in [2.05, 4.69) is 15.0 Å². The molecule has 2 N–H and O–H groups in total. The monoisotopic (exact) mass is 365 g/mol. The molecule has 1 aliphatic rings. The van der Waals surface area contributed by atoms with Crippen LogP contribution in [0.5, 0.6) is 0 Å². The smallest absolute Gasteiger partial charge is 0.240 e. The van der Waals surface area contributed by atoms with Crippen LogP contribution < -0.4 is 10.0 Å². The molecule has 1 amide bonds. The highest BCUT2D eigenvalue weighted by Crippen LogP contribution is 2.22. The molecule has 1 fully saturated rings. The number of nitrogens with zero attached hydrogens (tertiary/aromatic N) is 1. The Bertz CT molecular complexity index is 825. The third kappa shape index (κ3) is 4.62. The van der Waals surface area contributed by atoms with Gasteiger partial charge in [-0.2, -0.15) is 0 Å². The molecule has 1 aromatic heterocycles. The summed E-state index contributed by atoms with van der Waals surface area (Å²) in [5, 5.41) is 3.36. The summed E-state index contributed by atoms with van der Waals surface area (Å²) >= 11 is 1.44. The van der Waals surface area contributed by atoms with Gasteiger partial charge in [0.25, 0.3) is 0 Å². The Morgan fingerprint density at radius 1 is 1.29 bits per heavy atom. The van der Waals surface area contributed by atoms with Crippen molar-refractivity contribution in [3.05, 3.63) is 40.9 Å². The Balaban J connectivity index is 1.53. The summed E-state index contributed by atoms with van der Waals surface area (Å²) in [6.07, 6.45) is 4.41. The number of hydrogen-bond acceptors (Lipinski definition) is 5. The lowest BCUT2D eigenvalue weighted by atomic mass is 10.1. The SMILES string of the molecule is Cc1cnc(NC(=O)CCc2ccc(S(=O)(=O)NC3CC3)cc2)s1. The first-order valence-corrected chi connectivity index (χ1v) is 10.1. The van der Waals surface area contributed by atoms with Gasteiger partial charge in [-0.15, -0.1) is 11.3 Å². The molecule has 0 saturated heterocycles. The van der Waals surface area contributed by atoms with Gasteiger partial charge < -0.3 is 5.32 Å². The van der Waals surface area contributed by atoms with Crippen molar-refractivity contribution < 1.29 is 13.2 Å². The first-order valence-electron chi connectivity index (χ1n) is 7.76. The number of carbonyl (C=O) groups is 1. The van der Waals surface area contributed by atoms with E-state index in [1.54, 1.807) is 30.5 Å². The van der Waals surface area contributed by atoms with Crippen LogP contribution in [-0.4, -0.2) is 25.4 Å². The Morgan fingerprint density at radius 2 is 2.00 bits per heavy atom. The van der Waals surface area contributed by atoms with E-state index in [0.29, 0.717) is 18.0 Å². The topological polar surface area (TPSA) is 88.2 Å². The van der Waals surface area contributed by atoms with Crippen LogP contribution in [0, 0.1) is 6.92 Å². The standard InChI is InChI=1S/C16H19N3O3S2/c1-11-10-17-16(23-11)18-15(20)9-4-12-2-7-14(8-3-12)24(21,22)19-13-5-6-13/h2-3,7-8,10,13,19H,4-6,9H2,1H3,(H,17,18,20). The molecule has 3 rings (SSSR count). The van der Waals surface area contributed by atoms with Gasteiger partial charge in [0.2, 0.25) is 15.9 Å². The highest BCUT2D eigenvalue weighted by molar-refractivity contribution is 7.89. The second-order valence-electron chi connectivity index (χ2n) is 5.86. The van der Waals surface area contributed by atoms with Gasteiger partial charge in [0.15, 0.2) is 5.13 Å². The Hall–Kier alpha value is -1.77. The van der Waals surface area contributed by atoms with Gasteiger partial charge in [0.05, 0.1) is 4.90 Å². The lowest BCUT2D eigenvalue weighted by Gasteiger charge is -2.07. The predicted octanol–water partition coefficient (Wildman–Crippen LogP) is 2.46. The van der Waals surface area contributed by atoms with Gasteiger partial charge >= 0.3 is 0 Å². The van der Waals surface area contributed by atoms with Crippen LogP contribution in [0.15, 0.2) is 35.4 Å². The minimum atomic E-state index is -3.42.